The standard InChI is InChI=1S/C10H13N5O3S2/c1-5-9(20(11,17)18)19-10(13-5)14-8(16)7-4-12-15(3)6(7)2/h4H,1-3H3,(H2,11,17,18)(H,13,14,16). The van der Waals surface area contributed by atoms with Gasteiger partial charge >= 0.3 is 0 Å². The number of carbonyl (C=O) groups excluding carboxylic acids is 1. The maximum Gasteiger partial charge on any atom is 0.260 e. The molecular weight excluding hydrogens is 302 g/mol. The first-order valence-electron chi connectivity index (χ1n) is 5.50. The van der Waals surface area contributed by atoms with Crippen LogP contribution in [0.1, 0.15) is 21.7 Å². The molecule has 8 nitrogen and oxygen atoms in total. The molecule has 2 heterocycles. The second-order valence-corrected chi connectivity index (χ2v) is 6.91. The summed E-state index contributed by atoms with van der Waals surface area (Å²) in [5.74, 6) is -0.398. The van der Waals surface area contributed by atoms with Crippen LogP contribution in [0, 0.1) is 13.8 Å². The van der Waals surface area contributed by atoms with Gasteiger partial charge in [-0.15, -0.1) is 0 Å². The number of primary sulfonamides is 1. The summed E-state index contributed by atoms with van der Waals surface area (Å²) in [6, 6.07) is 0. The third-order valence-corrected chi connectivity index (χ3v) is 5.34. The van der Waals surface area contributed by atoms with Crippen molar-refractivity contribution in [1.82, 2.24) is 14.8 Å². The highest BCUT2D eigenvalue weighted by Gasteiger charge is 2.20. The molecule has 0 aliphatic heterocycles. The van der Waals surface area contributed by atoms with Gasteiger partial charge in [0.05, 0.1) is 17.5 Å². The lowest BCUT2D eigenvalue weighted by Gasteiger charge is -2.00. The van der Waals surface area contributed by atoms with E-state index in [9.17, 15) is 13.2 Å². The molecule has 108 valence electrons. The third kappa shape index (κ3) is 2.71. The fourth-order valence-corrected chi connectivity index (χ4v) is 3.44. The maximum absolute atomic E-state index is 12.0. The molecule has 0 spiro atoms. The minimum Gasteiger partial charge on any atom is -0.298 e. The average Bonchev–Trinajstić information content (AvgIpc) is 2.83. The molecule has 0 aliphatic rings. The molecular formula is C10H13N5O3S2. The van der Waals surface area contributed by atoms with Gasteiger partial charge in [0, 0.05) is 12.7 Å². The molecule has 0 saturated carbocycles. The first kappa shape index (κ1) is 14.6. The minimum atomic E-state index is -3.83. The molecule has 1 amide bonds. The van der Waals surface area contributed by atoms with Crippen LogP contribution in [0.5, 0.6) is 0 Å². The Bertz CT molecular complexity index is 775. The van der Waals surface area contributed by atoms with Crippen LogP contribution in [0.25, 0.3) is 0 Å². The number of rotatable bonds is 3. The van der Waals surface area contributed by atoms with Crippen LogP contribution in [-0.4, -0.2) is 29.1 Å². The molecule has 0 aliphatic carbocycles. The van der Waals surface area contributed by atoms with E-state index >= 15 is 0 Å². The van der Waals surface area contributed by atoms with Gasteiger partial charge < -0.3 is 0 Å². The number of hydrogen-bond acceptors (Lipinski definition) is 6. The van der Waals surface area contributed by atoms with E-state index in [1.165, 1.54) is 13.1 Å². The molecule has 10 heteroatoms. The fraction of sp³-hybridized carbons (Fsp3) is 0.300. The molecule has 0 radical (unpaired) electrons. The molecule has 3 N–H and O–H groups in total. The Morgan fingerprint density at radius 2 is 2.10 bits per heavy atom. The number of amides is 1. The largest absolute Gasteiger partial charge is 0.298 e. The Labute approximate surface area is 119 Å². The van der Waals surface area contributed by atoms with Crippen molar-refractivity contribution in [2.45, 2.75) is 18.1 Å². The summed E-state index contributed by atoms with van der Waals surface area (Å²) < 4.78 is 24.1. The zero-order valence-electron chi connectivity index (χ0n) is 11.0. The molecule has 2 aromatic rings. The summed E-state index contributed by atoms with van der Waals surface area (Å²) >= 11 is 0.819. The number of thiazole rings is 1. The van der Waals surface area contributed by atoms with Crippen molar-refractivity contribution in [2.75, 3.05) is 5.32 Å². The SMILES string of the molecule is Cc1nc(NC(=O)c2cnn(C)c2C)sc1S(N)(=O)=O. The number of carbonyl (C=O) groups is 1. The van der Waals surface area contributed by atoms with Crippen molar-refractivity contribution in [2.24, 2.45) is 12.2 Å². The minimum absolute atomic E-state index is 0.0595. The van der Waals surface area contributed by atoms with E-state index < -0.39 is 15.9 Å². The Morgan fingerprint density at radius 1 is 1.45 bits per heavy atom. The fourth-order valence-electron chi connectivity index (χ4n) is 1.59. The van der Waals surface area contributed by atoms with Gasteiger partial charge in [0.1, 0.15) is 0 Å². The van der Waals surface area contributed by atoms with E-state index in [0.29, 0.717) is 11.3 Å². The van der Waals surface area contributed by atoms with Crippen molar-refractivity contribution < 1.29 is 13.2 Å². The summed E-state index contributed by atoms with van der Waals surface area (Å²) in [6.45, 7) is 3.27. The average molecular weight is 315 g/mol. The number of sulfonamides is 1. The Hall–Kier alpha value is -1.78. The van der Waals surface area contributed by atoms with Crippen LogP contribution in [0.2, 0.25) is 0 Å². The molecule has 2 rings (SSSR count). The zero-order valence-corrected chi connectivity index (χ0v) is 12.7. The molecule has 0 saturated heterocycles. The highest BCUT2D eigenvalue weighted by Crippen LogP contribution is 2.26. The van der Waals surface area contributed by atoms with Crippen LogP contribution in [0.4, 0.5) is 5.13 Å². The van der Waals surface area contributed by atoms with Gasteiger partial charge in [-0.25, -0.2) is 18.5 Å². The van der Waals surface area contributed by atoms with Gasteiger partial charge in [-0.05, 0) is 13.8 Å². The van der Waals surface area contributed by atoms with E-state index in [-0.39, 0.29) is 15.0 Å². The van der Waals surface area contributed by atoms with Crippen LogP contribution >= 0.6 is 11.3 Å². The monoisotopic (exact) mass is 315 g/mol. The summed E-state index contributed by atoms with van der Waals surface area (Å²) in [7, 11) is -2.11. The number of nitrogens with zero attached hydrogens (tertiary/aromatic N) is 3. The maximum atomic E-state index is 12.0. The lowest BCUT2D eigenvalue weighted by Crippen LogP contribution is -2.12. The quantitative estimate of drug-likeness (QED) is 0.849. The predicted molar refractivity (Wildman–Crippen MR) is 74.1 cm³/mol. The highest BCUT2D eigenvalue weighted by molar-refractivity contribution is 7.91. The van der Waals surface area contributed by atoms with E-state index in [0.717, 1.165) is 11.3 Å². The smallest absolute Gasteiger partial charge is 0.260 e. The first-order chi connectivity index (χ1) is 9.20. The lowest BCUT2D eigenvalue weighted by atomic mass is 10.2. The van der Waals surface area contributed by atoms with Crippen LogP contribution in [0.3, 0.4) is 0 Å². The summed E-state index contributed by atoms with van der Waals surface area (Å²) in [6.07, 6.45) is 1.44. The van der Waals surface area contributed by atoms with Gasteiger partial charge in [0.2, 0.25) is 10.0 Å². The van der Waals surface area contributed by atoms with E-state index in [1.807, 2.05) is 0 Å². The topological polar surface area (TPSA) is 120 Å². The van der Waals surface area contributed by atoms with Gasteiger partial charge in [-0.1, -0.05) is 11.3 Å². The lowest BCUT2D eigenvalue weighted by molar-refractivity contribution is 0.102. The summed E-state index contributed by atoms with van der Waals surface area (Å²) in [5, 5.41) is 11.7. The van der Waals surface area contributed by atoms with E-state index in [4.69, 9.17) is 5.14 Å². The summed E-state index contributed by atoms with van der Waals surface area (Å²) in [5.41, 5.74) is 1.36. The van der Waals surface area contributed by atoms with Gasteiger partial charge in [0.15, 0.2) is 9.34 Å². The highest BCUT2D eigenvalue weighted by atomic mass is 32.2. The second kappa shape index (κ2) is 4.96. The van der Waals surface area contributed by atoms with Crippen LogP contribution in [-0.2, 0) is 17.1 Å². The van der Waals surface area contributed by atoms with Crippen molar-refractivity contribution in [3.63, 3.8) is 0 Å². The second-order valence-electron chi connectivity index (χ2n) is 4.16. The van der Waals surface area contributed by atoms with Crippen LogP contribution in [0.15, 0.2) is 10.4 Å². The van der Waals surface area contributed by atoms with E-state index in [1.54, 1.807) is 18.7 Å². The number of anilines is 1. The first-order valence-corrected chi connectivity index (χ1v) is 7.86. The molecule has 0 bridgehead atoms. The molecule has 0 fully saturated rings. The number of nitrogens with two attached hydrogens (primary N) is 1. The normalized spacial score (nSPS) is 11.6. The molecule has 2 aromatic heterocycles. The molecule has 0 aromatic carbocycles. The molecule has 0 atom stereocenters. The van der Waals surface area contributed by atoms with Crippen molar-refractivity contribution >= 4 is 32.4 Å². The summed E-state index contributed by atoms with van der Waals surface area (Å²) in [4.78, 5) is 16.0. The Morgan fingerprint density at radius 3 is 2.55 bits per heavy atom. The van der Waals surface area contributed by atoms with Crippen molar-refractivity contribution in [3.05, 3.63) is 23.1 Å². The number of aromatic nitrogens is 3. The number of nitrogens with one attached hydrogen (secondary N) is 1. The Balaban J connectivity index is 2.27. The van der Waals surface area contributed by atoms with Gasteiger partial charge in [-0.3, -0.25) is 14.8 Å². The van der Waals surface area contributed by atoms with Crippen molar-refractivity contribution in [1.29, 1.82) is 0 Å². The molecule has 0 unspecified atom stereocenters. The number of hydrogen-bond donors (Lipinski definition) is 2. The van der Waals surface area contributed by atoms with Gasteiger partial charge in [-0.2, -0.15) is 5.10 Å². The third-order valence-electron chi connectivity index (χ3n) is 2.71. The van der Waals surface area contributed by atoms with E-state index in [2.05, 4.69) is 15.4 Å². The van der Waals surface area contributed by atoms with Gasteiger partial charge in [0.25, 0.3) is 5.91 Å². The van der Waals surface area contributed by atoms with Crippen LogP contribution < -0.4 is 10.5 Å². The van der Waals surface area contributed by atoms with Crippen molar-refractivity contribution in [3.8, 4) is 0 Å². The zero-order chi connectivity index (χ0) is 15.1. The molecule has 20 heavy (non-hydrogen) atoms. The number of aryl methyl sites for hydroxylation is 2. The predicted octanol–water partition coefficient (Wildman–Crippen LogP) is 0.393. The Kier molecular flexibility index (Phi) is 3.63.